The van der Waals surface area contributed by atoms with Gasteiger partial charge in [-0.05, 0) is 31.4 Å². The average Bonchev–Trinajstić information content (AvgIpc) is 3.05. The number of anilines is 2. The molecule has 0 bridgehead atoms. The second kappa shape index (κ2) is 7.48. The summed E-state index contributed by atoms with van der Waals surface area (Å²) in [5, 5.41) is 9.31. The Kier molecular flexibility index (Phi) is 5.14. The maximum Gasteiger partial charge on any atom is 0.264 e. The number of hydrogen-bond donors (Lipinski definition) is 2. The highest BCUT2D eigenvalue weighted by Crippen LogP contribution is 2.21. The first-order valence-corrected chi connectivity index (χ1v) is 8.04. The van der Waals surface area contributed by atoms with Crippen molar-refractivity contribution in [3.63, 3.8) is 0 Å². The van der Waals surface area contributed by atoms with Crippen LogP contribution >= 0.6 is 11.6 Å². The molecule has 0 atom stereocenters. The number of ether oxygens (including phenoxy) is 1. The van der Waals surface area contributed by atoms with Crippen LogP contribution in [0.1, 0.15) is 19.3 Å². The van der Waals surface area contributed by atoms with Crippen molar-refractivity contribution in [1.82, 2.24) is 15.2 Å². The predicted molar refractivity (Wildman–Crippen MR) is 88.0 cm³/mol. The van der Waals surface area contributed by atoms with Gasteiger partial charge >= 0.3 is 0 Å². The molecular formula is C15H17ClFN5O2. The first-order chi connectivity index (χ1) is 11.6. The highest BCUT2D eigenvalue weighted by atomic mass is 35.5. The number of carbonyl (C=O) groups excluding carboxylic acids is 1. The summed E-state index contributed by atoms with van der Waals surface area (Å²) in [7, 11) is 0. The molecule has 1 aliphatic heterocycles. The molecule has 0 unspecified atom stereocenters. The molecule has 7 nitrogen and oxygen atoms in total. The van der Waals surface area contributed by atoms with E-state index in [-0.39, 0.29) is 17.6 Å². The van der Waals surface area contributed by atoms with Gasteiger partial charge in [0, 0.05) is 19.2 Å². The van der Waals surface area contributed by atoms with Gasteiger partial charge in [-0.3, -0.25) is 10.1 Å². The SMILES string of the molecule is O=C(COc1ccc(F)c(Cl)c1)Nc1nc(N2CCCCC2)n[nH]1. The molecular weight excluding hydrogens is 337 g/mol. The van der Waals surface area contributed by atoms with Crippen LogP contribution in [0.15, 0.2) is 18.2 Å². The van der Waals surface area contributed by atoms with Crippen LogP contribution in [0, 0.1) is 5.82 Å². The molecule has 24 heavy (non-hydrogen) atoms. The fraction of sp³-hybridized carbons (Fsp3) is 0.400. The first-order valence-electron chi connectivity index (χ1n) is 7.67. The maximum absolute atomic E-state index is 13.1. The lowest BCUT2D eigenvalue weighted by Gasteiger charge is -2.24. The Morgan fingerprint density at radius 1 is 1.38 bits per heavy atom. The number of carbonyl (C=O) groups is 1. The summed E-state index contributed by atoms with van der Waals surface area (Å²) in [5.41, 5.74) is 0. The molecule has 1 amide bonds. The molecule has 2 heterocycles. The van der Waals surface area contributed by atoms with E-state index in [0.717, 1.165) is 25.9 Å². The van der Waals surface area contributed by atoms with E-state index in [0.29, 0.717) is 11.7 Å². The highest BCUT2D eigenvalue weighted by molar-refractivity contribution is 6.30. The van der Waals surface area contributed by atoms with E-state index in [1.54, 1.807) is 0 Å². The van der Waals surface area contributed by atoms with Gasteiger partial charge in [-0.25, -0.2) is 9.49 Å². The quantitative estimate of drug-likeness (QED) is 0.863. The number of nitrogens with one attached hydrogen (secondary N) is 2. The van der Waals surface area contributed by atoms with Crippen LogP contribution in [0.25, 0.3) is 0 Å². The third kappa shape index (κ3) is 4.14. The van der Waals surface area contributed by atoms with Crippen LogP contribution in [0.2, 0.25) is 5.02 Å². The van der Waals surface area contributed by atoms with Crippen molar-refractivity contribution in [3.8, 4) is 5.75 Å². The molecule has 128 valence electrons. The van der Waals surface area contributed by atoms with Gasteiger partial charge in [-0.1, -0.05) is 11.6 Å². The summed E-state index contributed by atoms with van der Waals surface area (Å²) < 4.78 is 18.3. The number of benzene rings is 1. The van der Waals surface area contributed by atoms with Crippen molar-refractivity contribution < 1.29 is 13.9 Å². The van der Waals surface area contributed by atoms with E-state index in [9.17, 15) is 9.18 Å². The van der Waals surface area contributed by atoms with E-state index in [1.165, 1.54) is 24.6 Å². The summed E-state index contributed by atoms with van der Waals surface area (Å²) in [5.74, 6) is 0.206. The summed E-state index contributed by atoms with van der Waals surface area (Å²) in [6.07, 6.45) is 3.45. The standard InChI is InChI=1S/C15H17ClFN5O2/c16-11-8-10(4-5-12(11)17)24-9-13(23)18-14-19-15(21-20-14)22-6-2-1-3-7-22/h4-5,8H,1-3,6-7,9H2,(H2,18,19,20,21,23). The van der Waals surface area contributed by atoms with Crippen molar-refractivity contribution in [3.05, 3.63) is 29.0 Å². The van der Waals surface area contributed by atoms with Crippen LogP contribution in [0.4, 0.5) is 16.3 Å². The Balaban J connectivity index is 1.51. The summed E-state index contributed by atoms with van der Waals surface area (Å²) in [6, 6.07) is 3.89. The zero-order chi connectivity index (χ0) is 16.9. The van der Waals surface area contributed by atoms with E-state index in [1.807, 2.05) is 0 Å². The topological polar surface area (TPSA) is 83.1 Å². The fourth-order valence-corrected chi connectivity index (χ4v) is 2.60. The molecule has 1 aromatic carbocycles. The molecule has 1 aliphatic rings. The van der Waals surface area contributed by atoms with E-state index < -0.39 is 11.7 Å². The zero-order valence-electron chi connectivity index (χ0n) is 12.9. The summed E-state index contributed by atoms with van der Waals surface area (Å²) in [4.78, 5) is 18.2. The Hall–Kier alpha value is -2.35. The number of aromatic nitrogens is 3. The number of hydrogen-bond acceptors (Lipinski definition) is 5. The molecule has 3 rings (SSSR count). The molecule has 1 saturated heterocycles. The molecule has 0 spiro atoms. The molecule has 9 heteroatoms. The minimum Gasteiger partial charge on any atom is -0.484 e. The van der Waals surface area contributed by atoms with Crippen LogP contribution in [-0.2, 0) is 4.79 Å². The zero-order valence-corrected chi connectivity index (χ0v) is 13.6. The number of aromatic amines is 1. The molecule has 1 fully saturated rings. The lowest BCUT2D eigenvalue weighted by Crippen LogP contribution is -2.30. The molecule has 0 aliphatic carbocycles. The Morgan fingerprint density at radius 3 is 2.92 bits per heavy atom. The second-order valence-electron chi connectivity index (χ2n) is 5.44. The van der Waals surface area contributed by atoms with Gasteiger partial charge in [0.15, 0.2) is 6.61 Å². The van der Waals surface area contributed by atoms with Crippen molar-refractivity contribution in [2.24, 2.45) is 0 Å². The smallest absolute Gasteiger partial charge is 0.264 e. The van der Waals surface area contributed by atoms with Crippen molar-refractivity contribution in [2.45, 2.75) is 19.3 Å². The highest BCUT2D eigenvalue weighted by Gasteiger charge is 2.16. The lowest BCUT2D eigenvalue weighted by atomic mass is 10.1. The van der Waals surface area contributed by atoms with Gasteiger partial charge in [0.2, 0.25) is 11.9 Å². The number of H-pyrrole nitrogens is 1. The first kappa shape index (κ1) is 16.5. The van der Waals surface area contributed by atoms with Gasteiger partial charge in [0.25, 0.3) is 5.91 Å². The molecule has 2 N–H and O–H groups in total. The van der Waals surface area contributed by atoms with Crippen molar-refractivity contribution in [1.29, 1.82) is 0 Å². The number of amides is 1. The predicted octanol–water partition coefficient (Wildman–Crippen LogP) is 2.60. The Bertz CT molecular complexity index is 718. The largest absolute Gasteiger partial charge is 0.484 e. The summed E-state index contributed by atoms with van der Waals surface area (Å²) in [6.45, 7) is 1.58. The molecule has 0 saturated carbocycles. The van der Waals surface area contributed by atoms with Crippen molar-refractivity contribution >= 4 is 29.4 Å². The van der Waals surface area contributed by atoms with Crippen LogP contribution < -0.4 is 15.0 Å². The minimum absolute atomic E-state index is 0.0608. The Morgan fingerprint density at radius 2 is 2.17 bits per heavy atom. The van der Waals surface area contributed by atoms with Gasteiger partial charge < -0.3 is 9.64 Å². The fourth-order valence-electron chi connectivity index (χ4n) is 2.43. The summed E-state index contributed by atoms with van der Waals surface area (Å²) >= 11 is 5.65. The number of nitrogens with zero attached hydrogens (tertiary/aromatic N) is 3. The van der Waals surface area contributed by atoms with Gasteiger partial charge in [0.05, 0.1) is 5.02 Å². The number of piperidine rings is 1. The molecule has 2 aromatic rings. The molecule has 0 radical (unpaired) electrons. The lowest BCUT2D eigenvalue weighted by molar-refractivity contribution is -0.118. The molecule has 1 aromatic heterocycles. The third-order valence-corrected chi connectivity index (χ3v) is 3.92. The van der Waals surface area contributed by atoms with Crippen LogP contribution in [-0.4, -0.2) is 40.8 Å². The van der Waals surface area contributed by atoms with E-state index >= 15 is 0 Å². The maximum atomic E-state index is 13.1. The van der Waals surface area contributed by atoms with Crippen LogP contribution in [0.3, 0.4) is 0 Å². The van der Waals surface area contributed by atoms with Crippen LogP contribution in [0.5, 0.6) is 5.75 Å². The monoisotopic (exact) mass is 353 g/mol. The second-order valence-corrected chi connectivity index (χ2v) is 5.85. The van der Waals surface area contributed by atoms with E-state index in [4.69, 9.17) is 16.3 Å². The van der Waals surface area contributed by atoms with Gasteiger partial charge in [-0.2, -0.15) is 4.98 Å². The average molecular weight is 354 g/mol. The normalized spacial score (nSPS) is 14.5. The van der Waals surface area contributed by atoms with E-state index in [2.05, 4.69) is 25.4 Å². The van der Waals surface area contributed by atoms with Gasteiger partial charge in [-0.15, -0.1) is 5.10 Å². The van der Waals surface area contributed by atoms with Gasteiger partial charge in [0.1, 0.15) is 11.6 Å². The number of rotatable bonds is 5. The minimum atomic E-state index is -0.541. The third-order valence-electron chi connectivity index (χ3n) is 3.63. The Labute approximate surface area is 143 Å². The number of halogens is 2. The van der Waals surface area contributed by atoms with Crippen molar-refractivity contribution in [2.75, 3.05) is 29.9 Å².